The zero-order valence-corrected chi connectivity index (χ0v) is 11.5. The molecule has 102 valence electrons. The van der Waals surface area contributed by atoms with Crippen molar-refractivity contribution in [1.29, 1.82) is 0 Å². The van der Waals surface area contributed by atoms with Crippen molar-refractivity contribution < 1.29 is 4.79 Å². The van der Waals surface area contributed by atoms with Crippen LogP contribution in [0.25, 0.3) is 0 Å². The van der Waals surface area contributed by atoms with E-state index in [-0.39, 0.29) is 5.78 Å². The molecule has 0 saturated carbocycles. The summed E-state index contributed by atoms with van der Waals surface area (Å²) in [6.07, 6.45) is 7.15. The molecule has 0 aliphatic carbocycles. The maximum atomic E-state index is 12.3. The van der Waals surface area contributed by atoms with Crippen LogP contribution in [0.1, 0.15) is 35.2 Å². The number of carbonyl (C=O) groups is 1. The maximum Gasteiger partial charge on any atom is 0.193 e. The number of ketones is 1. The van der Waals surface area contributed by atoms with Gasteiger partial charge < -0.3 is 4.90 Å². The highest BCUT2D eigenvalue weighted by Crippen LogP contribution is 2.21. The number of pyridine rings is 1. The highest BCUT2D eigenvalue weighted by molar-refractivity contribution is 6.09. The Hall–Kier alpha value is -2.16. The molecule has 1 fully saturated rings. The summed E-state index contributed by atoms with van der Waals surface area (Å²) >= 11 is 0. The normalized spacial score (nSPS) is 15.1. The van der Waals surface area contributed by atoms with Crippen LogP contribution in [-0.2, 0) is 0 Å². The standard InChI is InChI=1S/C17H18N2O/c20-17(15-8-10-18-11-9-15)14-4-6-16(7-5-14)19-12-2-1-3-13-19/h4-11H,1-3,12-13H2. The van der Waals surface area contributed by atoms with Gasteiger partial charge in [-0.25, -0.2) is 0 Å². The zero-order chi connectivity index (χ0) is 13.8. The van der Waals surface area contributed by atoms with Crippen LogP contribution in [0, 0.1) is 0 Å². The van der Waals surface area contributed by atoms with Crippen LogP contribution in [0.3, 0.4) is 0 Å². The van der Waals surface area contributed by atoms with E-state index in [0.717, 1.165) is 18.7 Å². The van der Waals surface area contributed by atoms with Crippen molar-refractivity contribution in [2.75, 3.05) is 18.0 Å². The fraction of sp³-hybridized carbons (Fsp3) is 0.294. The smallest absolute Gasteiger partial charge is 0.193 e. The van der Waals surface area contributed by atoms with Gasteiger partial charge >= 0.3 is 0 Å². The van der Waals surface area contributed by atoms with Gasteiger partial charge in [0.2, 0.25) is 0 Å². The predicted molar refractivity (Wildman–Crippen MR) is 80.2 cm³/mol. The van der Waals surface area contributed by atoms with E-state index in [0.29, 0.717) is 5.56 Å². The molecule has 1 aromatic carbocycles. The monoisotopic (exact) mass is 266 g/mol. The summed E-state index contributed by atoms with van der Waals surface area (Å²) in [7, 11) is 0. The van der Waals surface area contributed by atoms with Gasteiger partial charge in [0.25, 0.3) is 0 Å². The van der Waals surface area contributed by atoms with Gasteiger partial charge in [0.05, 0.1) is 0 Å². The summed E-state index contributed by atoms with van der Waals surface area (Å²) in [6, 6.07) is 11.5. The van der Waals surface area contributed by atoms with Crippen molar-refractivity contribution in [3.8, 4) is 0 Å². The molecule has 20 heavy (non-hydrogen) atoms. The van der Waals surface area contributed by atoms with Crippen LogP contribution in [0.4, 0.5) is 5.69 Å². The molecule has 2 heterocycles. The molecule has 0 N–H and O–H groups in total. The van der Waals surface area contributed by atoms with Crippen LogP contribution < -0.4 is 4.90 Å². The van der Waals surface area contributed by atoms with Gasteiger partial charge in [-0.15, -0.1) is 0 Å². The van der Waals surface area contributed by atoms with E-state index in [1.54, 1.807) is 24.5 Å². The molecule has 0 radical (unpaired) electrons. The van der Waals surface area contributed by atoms with E-state index in [2.05, 4.69) is 22.0 Å². The molecule has 1 aromatic heterocycles. The fourth-order valence-corrected chi connectivity index (χ4v) is 2.65. The van der Waals surface area contributed by atoms with E-state index in [1.807, 2.05) is 12.1 Å². The number of benzene rings is 1. The van der Waals surface area contributed by atoms with Crippen molar-refractivity contribution >= 4 is 11.5 Å². The Morgan fingerprint density at radius 3 is 2.10 bits per heavy atom. The lowest BCUT2D eigenvalue weighted by atomic mass is 10.0. The first kappa shape index (κ1) is 12.9. The van der Waals surface area contributed by atoms with Crippen molar-refractivity contribution in [2.45, 2.75) is 19.3 Å². The van der Waals surface area contributed by atoms with Crippen molar-refractivity contribution in [1.82, 2.24) is 4.98 Å². The third-order valence-corrected chi connectivity index (χ3v) is 3.79. The lowest BCUT2D eigenvalue weighted by Crippen LogP contribution is -2.29. The van der Waals surface area contributed by atoms with E-state index < -0.39 is 0 Å². The summed E-state index contributed by atoms with van der Waals surface area (Å²) < 4.78 is 0. The molecule has 1 aliphatic heterocycles. The molecule has 0 atom stereocenters. The molecule has 0 spiro atoms. The molecule has 2 aromatic rings. The summed E-state index contributed by atoms with van der Waals surface area (Å²) in [5.41, 5.74) is 2.64. The lowest BCUT2D eigenvalue weighted by Gasteiger charge is -2.28. The second kappa shape index (κ2) is 5.87. The quantitative estimate of drug-likeness (QED) is 0.799. The van der Waals surface area contributed by atoms with Gasteiger partial charge in [-0.1, -0.05) is 0 Å². The number of anilines is 1. The Kier molecular flexibility index (Phi) is 3.77. The van der Waals surface area contributed by atoms with Gasteiger partial charge in [0, 0.05) is 42.3 Å². The average molecular weight is 266 g/mol. The first-order chi connectivity index (χ1) is 9.84. The predicted octanol–water partition coefficient (Wildman–Crippen LogP) is 3.30. The summed E-state index contributed by atoms with van der Waals surface area (Å²) in [5, 5.41) is 0. The van der Waals surface area contributed by atoms with Crippen LogP contribution >= 0.6 is 0 Å². The number of nitrogens with zero attached hydrogens (tertiary/aromatic N) is 2. The van der Waals surface area contributed by atoms with Gasteiger partial charge in [0.1, 0.15) is 0 Å². The SMILES string of the molecule is O=C(c1ccncc1)c1ccc(N2CCCCC2)cc1. The Morgan fingerprint density at radius 1 is 0.850 bits per heavy atom. The zero-order valence-electron chi connectivity index (χ0n) is 11.5. The Balaban J connectivity index is 1.77. The van der Waals surface area contributed by atoms with Crippen molar-refractivity contribution in [2.24, 2.45) is 0 Å². The molecule has 3 heteroatoms. The molecule has 0 amide bonds. The maximum absolute atomic E-state index is 12.3. The first-order valence-electron chi connectivity index (χ1n) is 7.14. The van der Waals surface area contributed by atoms with Crippen LogP contribution in [-0.4, -0.2) is 23.9 Å². The number of piperidine rings is 1. The van der Waals surface area contributed by atoms with Gasteiger partial charge in [-0.05, 0) is 55.7 Å². The summed E-state index contributed by atoms with van der Waals surface area (Å²) in [6.45, 7) is 2.25. The molecule has 3 nitrogen and oxygen atoms in total. The summed E-state index contributed by atoms with van der Waals surface area (Å²) in [5.74, 6) is 0.0533. The van der Waals surface area contributed by atoms with E-state index in [1.165, 1.54) is 24.9 Å². The van der Waals surface area contributed by atoms with Crippen LogP contribution in [0.15, 0.2) is 48.8 Å². The molecule has 1 aliphatic rings. The topological polar surface area (TPSA) is 33.2 Å². The molecule has 3 rings (SSSR count). The van der Waals surface area contributed by atoms with Gasteiger partial charge in [0.15, 0.2) is 5.78 Å². The minimum Gasteiger partial charge on any atom is -0.372 e. The fourth-order valence-electron chi connectivity index (χ4n) is 2.65. The molecular weight excluding hydrogens is 248 g/mol. The van der Waals surface area contributed by atoms with Crippen LogP contribution in [0.5, 0.6) is 0 Å². The molecule has 1 saturated heterocycles. The van der Waals surface area contributed by atoms with E-state index in [9.17, 15) is 4.79 Å². The van der Waals surface area contributed by atoms with E-state index >= 15 is 0 Å². The first-order valence-corrected chi connectivity index (χ1v) is 7.14. The second-order valence-corrected chi connectivity index (χ2v) is 5.16. The van der Waals surface area contributed by atoms with Crippen LogP contribution in [0.2, 0.25) is 0 Å². The number of carbonyl (C=O) groups excluding carboxylic acids is 1. The Morgan fingerprint density at radius 2 is 1.45 bits per heavy atom. The van der Waals surface area contributed by atoms with Crippen molar-refractivity contribution in [3.05, 3.63) is 59.9 Å². The molecular formula is C17H18N2O. The lowest BCUT2D eigenvalue weighted by molar-refractivity contribution is 0.103. The molecule has 0 unspecified atom stereocenters. The summed E-state index contributed by atoms with van der Waals surface area (Å²) in [4.78, 5) is 18.6. The number of hydrogen-bond acceptors (Lipinski definition) is 3. The molecule has 0 bridgehead atoms. The minimum absolute atomic E-state index is 0.0533. The third kappa shape index (κ3) is 2.72. The van der Waals surface area contributed by atoms with Crippen molar-refractivity contribution in [3.63, 3.8) is 0 Å². The van der Waals surface area contributed by atoms with Gasteiger partial charge in [-0.3, -0.25) is 9.78 Å². The number of hydrogen-bond donors (Lipinski definition) is 0. The van der Waals surface area contributed by atoms with Gasteiger partial charge in [-0.2, -0.15) is 0 Å². The Bertz CT molecular complexity index is 572. The minimum atomic E-state index is 0.0533. The average Bonchev–Trinajstić information content (AvgIpc) is 2.56. The number of aromatic nitrogens is 1. The Labute approximate surface area is 119 Å². The highest BCUT2D eigenvalue weighted by atomic mass is 16.1. The number of rotatable bonds is 3. The largest absolute Gasteiger partial charge is 0.372 e. The second-order valence-electron chi connectivity index (χ2n) is 5.16. The third-order valence-electron chi connectivity index (χ3n) is 3.79. The van der Waals surface area contributed by atoms with E-state index in [4.69, 9.17) is 0 Å². The highest BCUT2D eigenvalue weighted by Gasteiger charge is 2.12.